The molecule has 1 heterocycles. The molecule has 1 aromatic heterocycles. The Balaban J connectivity index is 1.92. The van der Waals surface area contributed by atoms with Crippen molar-refractivity contribution in [1.29, 1.82) is 0 Å². The third-order valence-corrected chi connectivity index (χ3v) is 7.26. The Morgan fingerprint density at radius 2 is 1.85 bits per heavy atom. The number of fused-ring (bicyclic) bond motifs is 1. The van der Waals surface area contributed by atoms with Gasteiger partial charge >= 0.3 is 0 Å². The van der Waals surface area contributed by atoms with Crippen molar-refractivity contribution in [2.24, 2.45) is 0 Å². The lowest BCUT2D eigenvalue weighted by atomic mass is 10.2. The zero-order valence-electron chi connectivity index (χ0n) is 14.9. The highest BCUT2D eigenvalue weighted by atomic mass is 35.5. The highest BCUT2D eigenvalue weighted by Crippen LogP contribution is 2.31. The molecule has 0 aliphatic carbocycles. The van der Waals surface area contributed by atoms with E-state index in [9.17, 15) is 13.2 Å². The number of hydrogen-bond acceptors (Lipinski definition) is 4. The van der Waals surface area contributed by atoms with Gasteiger partial charge in [-0.05, 0) is 60.3 Å². The van der Waals surface area contributed by atoms with E-state index in [0.29, 0.717) is 22.1 Å². The first kappa shape index (κ1) is 19.7. The van der Waals surface area contributed by atoms with Gasteiger partial charge in [0.2, 0.25) is 0 Å². The Bertz CT molecular complexity index is 1080. The van der Waals surface area contributed by atoms with Gasteiger partial charge < -0.3 is 5.32 Å². The molecule has 1 amide bonds. The molecule has 5 nitrogen and oxygen atoms in total. The molecule has 8 heteroatoms. The first-order valence-corrected chi connectivity index (χ1v) is 11.0. The van der Waals surface area contributed by atoms with Crippen LogP contribution in [0.3, 0.4) is 0 Å². The minimum atomic E-state index is -3.70. The fourth-order valence-electron chi connectivity index (χ4n) is 2.57. The molecule has 0 aliphatic rings. The van der Waals surface area contributed by atoms with Gasteiger partial charge in [0.1, 0.15) is 0 Å². The topological polar surface area (TPSA) is 66.5 Å². The van der Waals surface area contributed by atoms with Crippen molar-refractivity contribution in [3.8, 4) is 0 Å². The molecule has 0 atom stereocenters. The van der Waals surface area contributed by atoms with Gasteiger partial charge in [0.25, 0.3) is 15.9 Å². The molecule has 3 aromatic rings. The molecule has 3 rings (SSSR count). The lowest BCUT2D eigenvalue weighted by Gasteiger charge is -2.19. The summed E-state index contributed by atoms with van der Waals surface area (Å²) in [5.74, 6) is -0.109. The van der Waals surface area contributed by atoms with Gasteiger partial charge in [-0.25, -0.2) is 8.42 Å². The number of nitrogens with zero attached hydrogens (tertiary/aromatic N) is 1. The second-order valence-electron chi connectivity index (χ2n) is 6.02. The molecule has 27 heavy (non-hydrogen) atoms. The number of nitrogens with one attached hydrogen (secondary N) is 1. The van der Waals surface area contributed by atoms with Crippen molar-refractivity contribution in [2.75, 3.05) is 17.9 Å². The minimum Gasteiger partial charge on any atom is -0.351 e. The Morgan fingerprint density at radius 1 is 1.15 bits per heavy atom. The molecule has 0 saturated carbocycles. The molecule has 0 unspecified atom stereocenters. The first-order valence-electron chi connectivity index (χ1n) is 8.39. The van der Waals surface area contributed by atoms with E-state index >= 15 is 0 Å². The average molecular weight is 423 g/mol. The predicted octanol–water partition coefficient (Wildman–Crippen LogP) is 4.52. The van der Waals surface area contributed by atoms with Gasteiger partial charge in [-0.1, -0.05) is 18.5 Å². The number of anilines is 1. The lowest BCUT2D eigenvalue weighted by molar-refractivity contribution is 0.0958. The zero-order valence-corrected chi connectivity index (χ0v) is 17.3. The van der Waals surface area contributed by atoms with Crippen LogP contribution in [0.4, 0.5) is 5.69 Å². The van der Waals surface area contributed by atoms with E-state index < -0.39 is 10.0 Å². The molecule has 0 spiro atoms. The van der Waals surface area contributed by atoms with Crippen LogP contribution in [0, 0.1) is 0 Å². The Hall–Kier alpha value is -2.09. The van der Waals surface area contributed by atoms with Crippen molar-refractivity contribution in [2.45, 2.75) is 18.2 Å². The molecule has 0 fully saturated rings. The van der Waals surface area contributed by atoms with Crippen LogP contribution in [-0.2, 0) is 10.0 Å². The number of amides is 1. The van der Waals surface area contributed by atoms with Crippen LogP contribution in [0.1, 0.15) is 23.0 Å². The smallest absolute Gasteiger partial charge is 0.264 e. The van der Waals surface area contributed by atoms with Crippen molar-refractivity contribution in [1.82, 2.24) is 5.32 Å². The van der Waals surface area contributed by atoms with Crippen LogP contribution in [0.25, 0.3) is 10.1 Å². The van der Waals surface area contributed by atoms with Crippen LogP contribution in [0.15, 0.2) is 53.4 Å². The number of halogens is 1. The van der Waals surface area contributed by atoms with E-state index in [4.69, 9.17) is 11.6 Å². The summed E-state index contributed by atoms with van der Waals surface area (Å²) in [6, 6.07) is 13.2. The van der Waals surface area contributed by atoms with Crippen LogP contribution in [0.2, 0.25) is 5.02 Å². The summed E-state index contributed by atoms with van der Waals surface area (Å²) in [5, 5.41) is 4.16. The largest absolute Gasteiger partial charge is 0.351 e. The normalized spacial score (nSPS) is 11.5. The van der Waals surface area contributed by atoms with Gasteiger partial charge in [0.05, 0.1) is 15.5 Å². The van der Waals surface area contributed by atoms with Crippen LogP contribution < -0.4 is 9.62 Å². The third kappa shape index (κ3) is 4.10. The number of sulfonamides is 1. The summed E-state index contributed by atoms with van der Waals surface area (Å²) in [7, 11) is -2.19. The number of rotatable bonds is 6. The maximum Gasteiger partial charge on any atom is 0.264 e. The Morgan fingerprint density at radius 3 is 2.52 bits per heavy atom. The van der Waals surface area contributed by atoms with Crippen molar-refractivity contribution in [3.63, 3.8) is 0 Å². The summed E-state index contributed by atoms with van der Waals surface area (Å²) in [6.45, 7) is 2.62. The maximum absolute atomic E-state index is 12.8. The second-order valence-corrected chi connectivity index (χ2v) is 9.50. The van der Waals surface area contributed by atoms with E-state index in [-0.39, 0.29) is 10.8 Å². The number of benzene rings is 2. The molecule has 0 radical (unpaired) electrons. The van der Waals surface area contributed by atoms with Crippen LogP contribution >= 0.6 is 22.9 Å². The van der Waals surface area contributed by atoms with E-state index in [1.54, 1.807) is 30.3 Å². The SMILES string of the molecule is CCCNC(=O)c1cc2cc(N(C)S(=O)(=O)c3ccc(Cl)cc3)ccc2s1. The first-order chi connectivity index (χ1) is 12.8. The van der Waals surface area contributed by atoms with Gasteiger partial charge in [0.15, 0.2) is 0 Å². The third-order valence-electron chi connectivity index (χ3n) is 4.09. The maximum atomic E-state index is 12.8. The van der Waals surface area contributed by atoms with Gasteiger partial charge in [0, 0.05) is 23.3 Å². The van der Waals surface area contributed by atoms with Crippen molar-refractivity contribution in [3.05, 3.63) is 58.4 Å². The van der Waals surface area contributed by atoms with Crippen molar-refractivity contribution >= 4 is 54.6 Å². The number of carbonyl (C=O) groups excluding carboxylic acids is 1. The van der Waals surface area contributed by atoms with Crippen LogP contribution in [0.5, 0.6) is 0 Å². The standard InChI is InChI=1S/C19H19ClN2O3S2/c1-3-10-21-19(23)18-12-13-11-15(6-9-17(13)26-18)22(2)27(24,25)16-7-4-14(20)5-8-16/h4-9,11-12H,3,10H2,1-2H3,(H,21,23). The highest BCUT2D eigenvalue weighted by Gasteiger charge is 2.22. The second kappa shape index (κ2) is 7.88. The number of thiophene rings is 1. The quantitative estimate of drug-likeness (QED) is 0.635. The molecule has 142 valence electrons. The molecule has 0 saturated heterocycles. The number of carbonyl (C=O) groups is 1. The summed E-state index contributed by atoms with van der Waals surface area (Å²) in [5.41, 5.74) is 0.524. The molecular weight excluding hydrogens is 404 g/mol. The van der Waals surface area contributed by atoms with Gasteiger partial charge in [-0.2, -0.15) is 0 Å². The van der Waals surface area contributed by atoms with E-state index in [2.05, 4.69) is 5.32 Å². The van der Waals surface area contributed by atoms with Gasteiger partial charge in [-0.3, -0.25) is 9.10 Å². The van der Waals surface area contributed by atoms with Crippen molar-refractivity contribution < 1.29 is 13.2 Å². The lowest BCUT2D eigenvalue weighted by Crippen LogP contribution is -2.26. The molecule has 2 aromatic carbocycles. The average Bonchev–Trinajstić information content (AvgIpc) is 3.09. The highest BCUT2D eigenvalue weighted by molar-refractivity contribution is 7.92. The summed E-state index contributed by atoms with van der Waals surface area (Å²) >= 11 is 7.23. The fourth-order valence-corrected chi connectivity index (χ4v) is 4.84. The van der Waals surface area contributed by atoms with E-state index in [1.807, 2.05) is 13.0 Å². The Labute approximate surface area is 167 Å². The van der Waals surface area contributed by atoms with E-state index in [0.717, 1.165) is 16.5 Å². The molecular formula is C19H19ClN2O3S2. The summed E-state index contributed by atoms with van der Waals surface area (Å²) in [4.78, 5) is 12.9. The van der Waals surface area contributed by atoms with Gasteiger partial charge in [-0.15, -0.1) is 11.3 Å². The number of hydrogen-bond donors (Lipinski definition) is 1. The Kier molecular flexibility index (Phi) is 5.74. The zero-order chi connectivity index (χ0) is 19.6. The summed E-state index contributed by atoms with van der Waals surface area (Å²) in [6.07, 6.45) is 0.869. The monoisotopic (exact) mass is 422 g/mol. The molecule has 1 N–H and O–H groups in total. The van der Waals surface area contributed by atoms with E-state index in [1.165, 1.54) is 34.8 Å². The summed E-state index contributed by atoms with van der Waals surface area (Å²) < 4.78 is 27.8. The predicted molar refractivity (Wildman–Crippen MR) is 111 cm³/mol. The molecule has 0 aliphatic heterocycles. The fraction of sp³-hybridized carbons (Fsp3) is 0.211. The van der Waals surface area contributed by atoms with Crippen LogP contribution in [-0.4, -0.2) is 27.9 Å². The molecule has 0 bridgehead atoms. The minimum absolute atomic E-state index is 0.109.